The lowest BCUT2D eigenvalue weighted by atomic mass is 10.1. The zero-order valence-corrected chi connectivity index (χ0v) is 21.8. The lowest BCUT2D eigenvalue weighted by Gasteiger charge is -2.29. The van der Waals surface area contributed by atoms with Gasteiger partial charge in [0.05, 0.1) is 35.1 Å². The Morgan fingerprint density at radius 1 is 1.25 bits per heavy atom. The van der Waals surface area contributed by atoms with Gasteiger partial charge in [-0.3, -0.25) is 0 Å². The van der Waals surface area contributed by atoms with Crippen LogP contribution in [0.3, 0.4) is 0 Å². The summed E-state index contributed by atoms with van der Waals surface area (Å²) < 4.78 is 22.2. The van der Waals surface area contributed by atoms with Crippen LogP contribution in [-0.2, 0) is 4.74 Å². The van der Waals surface area contributed by atoms with Gasteiger partial charge in [-0.15, -0.1) is 0 Å². The average molecular weight is 520 g/mol. The van der Waals surface area contributed by atoms with Gasteiger partial charge in [0, 0.05) is 37.3 Å². The number of imidazole rings is 1. The number of fused-ring (bicyclic) bond motifs is 1. The van der Waals surface area contributed by atoms with Crippen molar-refractivity contribution in [3.8, 4) is 11.3 Å². The molecule has 5 rings (SSSR count). The number of rotatable bonds is 3. The maximum Gasteiger partial charge on any atom is 0.220 e. The third-order valence-corrected chi connectivity index (χ3v) is 6.75. The van der Waals surface area contributed by atoms with Gasteiger partial charge in [0.25, 0.3) is 0 Å². The van der Waals surface area contributed by atoms with Crippen molar-refractivity contribution in [3.05, 3.63) is 29.2 Å². The van der Waals surface area contributed by atoms with Gasteiger partial charge in [-0.1, -0.05) is 11.6 Å². The van der Waals surface area contributed by atoms with Gasteiger partial charge in [0.15, 0.2) is 5.82 Å². The van der Waals surface area contributed by atoms with E-state index in [1.54, 1.807) is 0 Å². The van der Waals surface area contributed by atoms with Crippen molar-refractivity contribution in [1.82, 2.24) is 24.8 Å². The molecule has 196 valence electrons. The van der Waals surface area contributed by atoms with Gasteiger partial charge in [-0.2, -0.15) is 0 Å². The zero-order chi connectivity index (χ0) is 25.8. The molecule has 4 N–H and O–H groups in total. The summed E-state index contributed by atoms with van der Waals surface area (Å²) in [5.74, 6) is 0.469. The van der Waals surface area contributed by atoms with Crippen LogP contribution in [0.25, 0.3) is 22.3 Å². The molecule has 0 amide bonds. The van der Waals surface area contributed by atoms with Crippen LogP contribution in [0, 0.1) is 5.82 Å². The van der Waals surface area contributed by atoms with Crippen LogP contribution in [0.15, 0.2) is 18.3 Å². The van der Waals surface area contributed by atoms with Gasteiger partial charge < -0.3 is 30.4 Å². The number of benzene rings is 1. The molecule has 36 heavy (non-hydrogen) atoms. The minimum absolute atomic E-state index is 0.0915. The Bertz CT molecular complexity index is 1180. The second kappa shape index (κ2) is 11.7. The molecule has 0 aliphatic carbocycles. The first-order chi connectivity index (χ1) is 17.3. The number of aromatic nitrogens is 4. The lowest BCUT2D eigenvalue weighted by Crippen LogP contribution is -2.36. The highest BCUT2D eigenvalue weighted by atomic mass is 35.5. The Kier molecular flexibility index (Phi) is 8.61. The summed E-state index contributed by atoms with van der Waals surface area (Å²) in [6.45, 7) is 10.4. The van der Waals surface area contributed by atoms with E-state index in [0.717, 1.165) is 51.5 Å². The summed E-state index contributed by atoms with van der Waals surface area (Å²) in [6.07, 6.45) is 4.18. The fourth-order valence-electron chi connectivity index (χ4n) is 4.60. The molecule has 9 nitrogen and oxygen atoms in total. The molecule has 0 radical (unpaired) electrons. The van der Waals surface area contributed by atoms with Crippen LogP contribution in [0.4, 0.5) is 16.3 Å². The van der Waals surface area contributed by atoms with E-state index in [0.29, 0.717) is 40.0 Å². The summed E-state index contributed by atoms with van der Waals surface area (Å²) in [5, 5.41) is 12.5. The molecular weight excluding hydrogens is 485 g/mol. The van der Waals surface area contributed by atoms with E-state index in [2.05, 4.69) is 45.5 Å². The van der Waals surface area contributed by atoms with E-state index in [1.165, 1.54) is 12.3 Å². The molecule has 0 spiro atoms. The number of nitrogen functional groups attached to an aromatic ring is 1. The monoisotopic (exact) mass is 519 g/mol. The Morgan fingerprint density at radius 2 is 2.06 bits per heavy atom. The number of nitrogens with two attached hydrogens (primary N) is 1. The number of halogens is 2. The summed E-state index contributed by atoms with van der Waals surface area (Å²) in [5.41, 5.74) is 7.74. The Labute approximate surface area is 215 Å². The van der Waals surface area contributed by atoms with Crippen molar-refractivity contribution in [2.45, 2.75) is 58.2 Å². The number of aliphatic hydroxyl groups excluding tert-OH is 1. The summed E-state index contributed by atoms with van der Waals surface area (Å²) in [6, 6.07) is 3.69. The van der Waals surface area contributed by atoms with Crippen molar-refractivity contribution in [3.63, 3.8) is 0 Å². The van der Waals surface area contributed by atoms with E-state index in [4.69, 9.17) is 32.2 Å². The highest BCUT2D eigenvalue weighted by molar-refractivity contribution is 6.33. The first-order valence-electron chi connectivity index (χ1n) is 12.5. The fourth-order valence-corrected chi connectivity index (χ4v) is 4.80. The van der Waals surface area contributed by atoms with E-state index >= 15 is 4.39 Å². The number of hydrogen-bond donors (Lipinski definition) is 3. The summed E-state index contributed by atoms with van der Waals surface area (Å²) in [7, 11) is 0. The van der Waals surface area contributed by atoms with Gasteiger partial charge in [-0.25, -0.2) is 19.3 Å². The molecule has 4 heterocycles. The molecule has 0 bridgehead atoms. The number of hydrogen-bond acceptors (Lipinski definition) is 8. The maximum absolute atomic E-state index is 15.1. The van der Waals surface area contributed by atoms with Crippen molar-refractivity contribution in [2.75, 3.05) is 43.5 Å². The normalized spacial score (nSPS) is 20.8. The molecule has 0 saturated carbocycles. The molecule has 3 aromatic rings. The van der Waals surface area contributed by atoms with Gasteiger partial charge in [0.1, 0.15) is 5.52 Å². The molecule has 2 aromatic heterocycles. The molecular formula is C25H35ClFN7O2. The van der Waals surface area contributed by atoms with E-state index < -0.39 is 5.82 Å². The van der Waals surface area contributed by atoms with E-state index in [9.17, 15) is 0 Å². The fraction of sp³-hybridized carbons (Fsp3) is 0.560. The van der Waals surface area contributed by atoms with Crippen LogP contribution < -0.4 is 16.0 Å². The van der Waals surface area contributed by atoms with Gasteiger partial charge >= 0.3 is 0 Å². The number of nitrogens with one attached hydrogen (secondary N) is 1. The third kappa shape index (κ3) is 5.88. The molecule has 2 saturated heterocycles. The van der Waals surface area contributed by atoms with Gasteiger partial charge in [0.2, 0.25) is 11.9 Å². The van der Waals surface area contributed by atoms with Crippen molar-refractivity contribution >= 4 is 34.5 Å². The summed E-state index contributed by atoms with van der Waals surface area (Å²) >= 11 is 6.26. The first-order valence-corrected chi connectivity index (χ1v) is 12.9. The number of anilines is 2. The molecule has 2 fully saturated rings. The highest BCUT2D eigenvalue weighted by Gasteiger charge is 2.26. The average Bonchev–Trinajstić information content (AvgIpc) is 3.10. The van der Waals surface area contributed by atoms with Crippen molar-refractivity contribution in [2.24, 2.45) is 0 Å². The molecule has 2 atom stereocenters. The van der Waals surface area contributed by atoms with Crippen LogP contribution in [0.5, 0.6) is 0 Å². The molecule has 2 unspecified atom stereocenters. The minimum Gasteiger partial charge on any atom is -0.391 e. The Balaban J connectivity index is 0.000000375. The third-order valence-electron chi connectivity index (χ3n) is 6.48. The largest absolute Gasteiger partial charge is 0.391 e. The molecule has 2 aliphatic heterocycles. The maximum atomic E-state index is 15.1. The predicted molar refractivity (Wildman–Crippen MR) is 141 cm³/mol. The first kappa shape index (κ1) is 26.5. The van der Waals surface area contributed by atoms with Gasteiger partial charge in [-0.05, 0) is 58.7 Å². The van der Waals surface area contributed by atoms with Crippen LogP contribution in [-0.4, -0.2) is 69.6 Å². The lowest BCUT2D eigenvalue weighted by molar-refractivity contribution is -0.00535. The topological polar surface area (TPSA) is 114 Å². The Morgan fingerprint density at radius 3 is 2.72 bits per heavy atom. The van der Waals surface area contributed by atoms with Crippen molar-refractivity contribution in [1.29, 1.82) is 0 Å². The molecule has 1 aromatic carbocycles. The smallest absolute Gasteiger partial charge is 0.220 e. The molecule has 2 aliphatic rings. The van der Waals surface area contributed by atoms with Crippen molar-refractivity contribution < 1.29 is 14.2 Å². The number of nitrogens with zero attached hydrogens (tertiary/aromatic N) is 5. The SMILES string of the molecule is CC1CCNCCN1c1nc2c(F)cc(-c3nc(N)ncc3Cl)cc2n1C(C)C.OC1CCCOC1. The standard InChI is InChI=1S/C20H25ClFN7.C5H10O2/c1-11(2)29-16-9-13(17-14(21)10-25-19(23)26-17)8-15(22)18(16)27-20(29)28-7-6-24-5-4-12(28)3;6-5-2-1-3-7-4-5/h8-12,24H,4-7H2,1-3H3,(H2,23,25,26);5-6H,1-4H2. The van der Waals surface area contributed by atoms with Crippen LogP contribution >= 0.6 is 11.6 Å². The van der Waals surface area contributed by atoms with E-state index in [-0.39, 0.29) is 18.1 Å². The second-order valence-electron chi connectivity index (χ2n) is 9.58. The zero-order valence-electron chi connectivity index (χ0n) is 21.0. The minimum atomic E-state index is -0.410. The predicted octanol–water partition coefficient (Wildman–Crippen LogP) is 3.79. The van der Waals surface area contributed by atoms with Crippen LogP contribution in [0.2, 0.25) is 5.02 Å². The highest BCUT2D eigenvalue weighted by Crippen LogP contribution is 2.35. The molecule has 11 heteroatoms. The van der Waals surface area contributed by atoms with Crippen LogP contribution in [0.1, 0.15) is 46.1 Å². The number of ether oxygens (including phenoxy) is 1. The van der Waals surface area contributed by atoms with E-state index in [1.807, 2.05) is 6.07 Å². The second-order valence-corrected chi connectivity index (χ2v) is 9.99. The summed E-state index contributed by atoms with van der Waals surface area (Å²) in [4.78, 5) is 15.1. The quantitative estimate of drug-likeness (QED) is 0.479. The Hall–Kier alpha value is -2.53. The number of aliphatic hydroxyl groups is 1.